The number of H-pyrrole nitrogens is 1. The predicted octanol–water partition coefficient (Wildman–Crippen LogP) is 2.12. The van der Waals surface area contributed by atoms with Crippen LogP contribution in [0.2, 0.25) is 0 Å². The Labute approximate surface area is 150 Å². The summed E-state index contributed by atoms with van der Waals surface area (Å²) < 4.78 is 0. The Morgan fingerprint density at radius 1 is 1.15 bits per heavy atom. The molecular weight excluding hydrogens is 330 g/mol. The van der Waals surface area contributed by atoms with Gasteiger partial charge in [0, 0.05) is 17.1 Å². The highest BCUT2D eigenvalue weighted by Crippen LogP contribution is 2.19. The third kappa shape index (κ3) is 3.86. The number of fused-ring (bicyclic) bond motifs is 1. The van der Waals surface area contributed by atoms with Crippen LogP contribution < -0.4 is 16.8 Å². The Hall–Kier alpha value is -3.68. The summed E-state index contributed by atoms with van der Waals surface area (Å²) in [6.45, 7) is 3.74. The van der Waals surface area contributed by atoms with Gasteiger partial charge < -0.3 is 21.8 Å². The lowest BCUT2D eigenvalue weighted by Crippen LogP contribution is -2.22. The minimum absolute atomic E-state index is 0.103. The second-order valence-corrected chi connectivity index (χ2v) is 5.87. The van der Waals surface area contributed by atoms with Gasteiger partial charge in [0.1, 0.15) is 11.5 Å². The monoisotopic (exact) mass is 349 g/mol. The van der Waals surface area contributed by atoms with Gasteiger partial charge in [-0.2, -0.15) is 5.10 Å². The van der Waals surface area contributed by atoms with Crippen LogP contribution in [-0.4, -0.2) is 27.5 Å². The number of hydrogen-bond donors (Lipinski definition) is 4. The number of nitrogens with zero attached hydrogens (tertiary/aromatic N) is 3. The maximum absolute atomic E-state index is 12.4. The summed E-state index contributed by atoms with van der Waals surface area (Å²) in [5, 5.41) is 11.3. The number of pyridine rings is 1. The van der Waals surface area contributed by atoms with Gasteiger partial charge in [-0.1, -0.05) is 18.2 Å². The van der Waals surface area contributed by atoms with Gasteiger partial charge >= 0.3 is 0 Å². The summed E-state index contributed by atoms with van der Waals surface area (Å²) >= 11 is 0. The normalized spacial score (nSPS) is 11.4. The van der Waals surface area contributed by atoms with E-state index in [1.807, 2.05) is 31.2 Å². The number of aryl methyl sites for hydroxylation is 1. The van der Waals surface area contributed by atoms with Crippen molar-refractivity contribution < 1.29 is 4.79 Å². The highest BCUT2D eigenvalue weighted by atomic mass is 16.1. The molecule has 1 amide bonds. The molecule has 3 aromatic rings. The van der Waals surface area contributed by atoms with Gasteiger partial charge in [-0.3, -0.25) is 4.79 Å². The molecule has 1 aromatic carbocycles. The topological polar surface area (TPSA) is 135 Å². The van der Waals surface area contributed by atoms with Crippen molar-refractivity contribution in [2.75, 3.05) is 5.32 Å². The summed E-state index contributed by atoms with van der Waals surface area (Å²) in [5.74, 6) is 0.138. The van der Waals surface area contributed by atoms with Crippen LogP contribution in [0.15, 0.2) is 52.8 Å². The number of anilines is 1. The largest absolute Gasteiger partial charge is 0.369 e. The fraction of sp³-hybridized carbons (Fsp3) is 0.111. The zero-order valence-electron chi connectivity index (χ0n) is 14.4. The number of amides is 1. The van der Waals surface area contributed by atoms with E-state index in [1.165, 1.54) is 0 Å². The van der Waals surface area contributed by atoms with Crippen LogP contribution in [0.25, 0.3) is 10.9 Å². The molecule has 0 saturated carbocycles. The number of rotatable bonds is 4. The molecule has 8 heteroatoms. The van der Waals surface area contributed by atoms with Gasteiger partial charge in [-0.25, -0.2) is 4.98 Å². The van der Waals surface area contributed by atoms with Crippen molar-refractivity contribution in [2.24, 2.45) is 21.7 Å². The van der Waals surface area contributed by atoms with E-state index in [2.05, 4.69) is 25.5 Å². The van der Waals surface area contributed by atoms with E-state index in [1.54, 1.807) is 25.3 Å². The molecule has 8 nitrogen and oxygen atoms in total. The molecule has 0 atom stereocenters. The molecule has 2 aromatic heterocycles. The SMILES string of the molecule is C/C(=N\N=C(N)N)c1ccc2cc(C(=O)Nc3ccc(C)cn3)[nH]c2c1. The standard InChI is InChI=1S/C18H19N7O/c1-10-3-6-16(21-9-10)23-17(26)15-8-13-5-4-12(7-14(13)22-15)11(2)24-25-18(19)20/h3-9,22H,1-2H3,(H4,19,20,25)(H,21,23,26)/b24-11+. The van der Waals surface area contributed by atoms with E-state index in [9.17, 15) is 4.79 Å². The van der Waals surface area contributed by atoms with Crippen molar-refractivity contribution in [3.8, 4) is 0 Å². The molecule has 2 heterocycles. The van der Waals surface area contributed by atoms with E-state index < -0.39 is 0 Å². The number of benzene rings is 1. The molecule has 0 aliphatic rings. The Morgan fingerprint density at radius 3 is 2.65 bits per heavy atom. The lowest BCUT2D eigenvalue weighted by Gasteiger charge is -2.02. The summed E-state index contributed by atoms with van der Waals surface area (Å²) in [4.78, 5) is 19.7. The third-order valence-electron chi connectivity index (χ3n) is 3.75. The maximum atomic E-state index is 12.4. The Morgan fingerprint density at radius 2 is 1.96 bits per heavy atom. The fourth-order valence-electron chi connectivity index (χ4n) is 2.39. The average molecular weight is 349 g/mol. The van der Waals surface area contributed by atoms with Crippen LogP contribution in [0.5, 0.6) is 0 Å². The molecule has 0 spiro atoms. The number of carbonyl (C=O) groups is 1. The average Bonchev–Trinajstić information content (AvgIpc) is 3.05. The van der Waals surface area contributed by atoms with Gasteiger partial charge in [0.2, 0.25) is 5.96 Å². The molecule has 0 fully saturated rings. The molecule has 0 saturated heterocycles. The van der Waals surface area contributed by atoms with Crippen LogP contribution in [0.1, 0.15) is 28.5 Å². The molecule has 3 rings (SSSR count). The smallest absolute Gasteiger partial charge is 0.273 e. The van der Waals surface area contributed by atoms with Crippen molar-refractivity contribution in [1.82, 2.24) is 9.97 Å². The Kier molecular flexibility index (Phi) is 4.66. The maximum Gasteiger partial charge on any atom is 0.273 e. The minimum Gasteiger partial charge on any atom is -0.369 e. The minimum atomic E-state index is -0.259. The molecule has 0 aliphatic heterocycles. The van der Waals surface area contributed by atoms with Crippen LogP contribution >= 0.6 is 0 Å². The quantitative estimate of drug-likeness (QED) is 0.326. The highest BCUT2D eigenvalue weighted by Gasteiger charge is 2.11. The van der Waals surface area contributed by atoms with E-state index in [0.717, 1.165) is 22.0 Å². The van der Waals surface area contributed by atoms with Gasteiger partial charge in [0.15, 0.2) is 0 Å². The summed E-state index contributed by atoms with van der Waals surface area (Å²) in [7, 11) is 0. The number of carbonyl (C=O) groups excluding carboxylic acids is 1. The van der Waals surface area contributed by atoms with E-state index >= 15 is 0 Å². The molecule has 26 heavy (non-hydrogen) atoms. The van der Waals surface area contributed by atoms with E-state index in [4.69, 9.17) is 11.5 Å². The van der Waals surface area contributed by atoms with E-state index in [-0.39, 0.29) is 11.9 Å². The van der Waals surface area contributed by atoms with Crippen molar-refractivity contribution >= 4 is 34.3 Å². The van der Waals surface area contributed by atoms with Crippen LogP contribution in [-0.2, 0) is 0 Å². The molecule has 6 N–H and O–H groups in total. The van der Waals surface area contributed by atoms with Crippen LogP contribution in [0.4, 0.5) is 5.82 Å². The molecule has 0 radical (unpaired) electrons. The first-order valence-electron chi connectivity index (χ1n) is 7.93. The number of nitrogens with one attached hydrogen (secondary N) is 2. The molecule has 132 valence electrons. The van der Waals surface area contributed by atoms with Gasteiger partial charge in [-0.05, 0) is 43.2 Å². The first-order valence-corrected chi connectivity index (χ1v) is 7.93. The van der Waals surface area contributed by atoms with Crippen LogP contribution in [0, 0.1) is 6.92 Å². The molecule has 0 unspecified atom stereocenters. The number of nitrogens with two attached hydrogens (primary N) is 2. The third-order valence-corrected chi connectivity index (χ3v) is 3.75. The number of guanidine groups is 1. The fourth-order valence-corrected chi connectivity index (χ4v) is 2.39. The first kappa shape index (κ1) is 17.2. The number of hydrogen-bond acceptors (Lipinski definition) is 4. The van der Waals surface area contributed by atoms with Gasteiger partial charge in [0.05, 0.1) is 5.71 Å². The zero-order chi connectivity index (χ0) is 18.7. The molecule has 0 aliphatic carbocycles. The molecule has 0 bridgehead atoms. The number of aromatic amines is 1. The Balaban J connectivity index is 1.84. The number of aromatic nitrogens is 2. The summed E-state index contributed by atoms with van der Waals surface area (Å²) in [6, 6.07) is 11.1. The lowest BCUT2D eigenvalue weighted by molar-refractivity contribution is 0.102. The van der Waals surface area contributed by atoms with Crippen molar-refractivity contribution in [1.29, 1.82) is 0 Å². The van der Waals surface area contributed by atoms with Crippen molar-refractivity contribution in [3.63, 3.8) is 0 Å². The zero-order valence-corrected chi connectivity index (χ0v) is 14.4. The van der Waals surface area contributed by atoms with Gasteiger partial charge in [0.25, 0.3) is 5.91 Å². The predicted molar refractivity (Wildman–Crippen MR) is 103 cm³/mol. The first-order chi connectivity index (χ1) is 12.4. The highest BCUT2D eigenvalue weighted by molar-refractivity contribution is 6.07. The second-order valence-electron chi connectivity index (χ2n) is 5.87. The second kappa shape index (κ2) is 7.06. The lowest BCUT2D eigenvalue weighted by atomic mass is 10.1. The van der Waals surface area contributed by atoms with Gasteiger partial charge in [-0.15, -0.1) is 5.10 Å². The Bertz CT molecular complexity index is 1010. The summed E-state index contributed by atoms with van der Waals surface area (Å²) in [6.07, 6.45) is 1.70. The van der Waals surface area contributed by atoms with E-state index in [0.29, 0.717) is 17.2 Å². The molecular formula is C18H19N7O. The summed E-state index contributed by atoms with van der Waals surface area (Å²) in [5.41, 5.74) is 14.3. The van der Waals surface area contributed by atoms with Crippen LogP contribution in [0.3, 0.4) is 0 Å². The van der Waals surface area contributed by atoms with Crippen molar-refractivity contribution in [2.45, 2.75) is 13.8 Å². The van der Waals surface area contributed by atoms with Crippen molar-refractivity contribution in [3.05, 3.63) is 59.4 Å².